The van der Waals surface area contributed by atoms with Crippen molar-refractivity contribution in [1.29, 1.82) is 0 Å². The van der Waals surface area contributed by atoms with Crippen LogP contribution in [0.15, 0.2) is 29.6 Å². The molecule has 0 spiro atoms. The first-order valence-electron chi connectivity index (χ1n) is 8.74. The summed E-state index contributed by atoms with van der Waals surface area (Å²) in [7, 11) is 1.38. The molecule has 0 atom stereocenters. The van der Waals surface area contributed by atoms with E-state index in [0.717, 1.165) is 29.3 Å². The van der Waals surface area contributed by atoms with Crippen LogP contribution in [0.1, 0.15) is 31.4 Å². The van der Waals surface area contributed by atoms with Crippen molar-refractivity contribution in [2.24, 2.45) is 0 Å². The topological polar surface area (TPSA) is 55.6 Å². The van der Waals surface area contributed by atoms with E-state index >= 15 is 0 Å². The van der Waals surface area contributed by atoms with E-state index in [2.05, 4.69) is 10.3 Å². The van der Waals surface area contributed by atoms with Gasteiger partial charge in [-0.3, -0.25) is 9.20 Å². The molecular formula is C19H20FN3O2S. The number of imidazole rings is 1. The maximum Gasteiger partial charge on any atom is 0.311 e. The predicted octanol–water partition coefficient (Wildman–Crippen LogP) is 4.27. The van der Waals surface area contributed by atoms with Crippen molar-refractivity contribution in [2.75, 3.05) is 12.4 Å². The molecule has 1 aliphatic carbocycles. The van der Waals surface area contributed by atoms with Gasteiger partial charge in [0.25, 0.3) is 0 Å². The van der Waals surface area contributed by atoms with E-state index in [4.69, 9.17) is 4.74 Å². The van der Waals surface area contributed by atoms with Crippen molar-refractivity contribution < 1.29 is 13.9 Å². The zero-order chi connectivity index (χ0) is 18.1. The number of halogens is 1. The summed E-state index contributed by atoms with van der Waals surface area (Å²) in [6.45, 7) is 0. The summed E-state index contributed by atoms with van der Waals surface area (Å²) in [6.07, 6.45) is 4.70. The SMILES string of the molecule is COC(=O)Cc1csc2nc(-c3ccccc3F)c(NC3CCCC3)n12. The second-order valence-corrected chi connectivity index (χ2v) is 7.35. The second kappa shape index (κ2) is 7.07. The molecule has 0 amide bonds. The first-order chi connectivity index (χ1) is 12.7. The fourth-order valence-corrected chi connectivity index (χ4v) is 4.39. The van der Waals surface area contributed by atoms with Crippen LogP contribution in [0.3, 0.4) is 0 Å². The van der Waals surface area contributed by atoms with Gasteiger partial charge in [-0.25, -0.2) is 9.37 Å². The van der Waals surface area contributed by atoms with Gasteiger partial charge in [0.2, 0.25) is 0 Å². The number of esters is 1. The zero-order valence-electron chi connectivity index (χ0n) is 14.5. The maximum atomic E-state index is 14.4. The second-order valence-electron chi connectivity index (χ2n) is 6.51. The van der Waals surface area contributed by atoms with Crippen LogP contribution in [0.5, 0.6) is 0 Å². The molecule has 1 aromatic carbocycles. The number of rotatable bonds is 5. The van der Waals surface area contributed by atoms with Gasteiger partial charge in [-0.2, -0.15) is 0 Å². The number of nitrogens with one attached hydrogen (secondary N) is 1. The Morgan fingerprint density at radius 1 is 1.38 bits per heavy atom. The van der Waals surface area contributed by atoms with Crippen LogP contribution in [-0.4, -0.2) is 28.5 Å². The summed E-state index contributed by atoms with van der Waals surface area (Å²) < 4.78 is 21.2. The number of carbonyl (C=O) groups is 1. The standard InChI is InChI=1S/C19H20FN3O2S/c1-25-16(24)10-13-11-26-19-22-17(14-8-4-5-9-15(14)20)18(23(13)19)21-12-6-2-3-7-12/h4-5,8-9,11-12,21H,2-3,6-7,10H2,1H3. The molecule has 0 aliphatic heterocycles. The summed E-state index contributed by atoms with van der Waals surface area (Å²) in [6, 6.07) is 7.00. The predicted molar refractivity (Wildman–Crippen MR) is 100 cm³/mol. The molecule has 1 N–H and O–H groups in total. The average Bonchev–Trinajstić information content (AvgIpc) is 3.35. The van der Waals surface area contributed by atoms with Crippen LogP contribution in [0.4, 0.5) is 10.2 Å². The summed E-state index contributed by atoms with van der Waals surface area (Å²) in [4.78, 5) is 17.2. The first kappa shape index (κ1) is 17.0. The highest BCUT2D eigenvalue weighted by Gasteiger charge is 2.24. The van der Waals surface area contributed by atoms with E-state index in [0.29, 0.717) is 17.3 Å². The van der Waals surface area contributed by atoms with Crippen molar-refractivity contribution >= 4 is 28.1 Å². The van der Waals surface area contributed by atoms with Gasteiger partial charge in [-0.15, -0.1) is 11.3 Å². The van der Waals surface area contributed by atoms with Crippen molar-refractivity contribution in [1.82, 2.24) is 9.38 Å². The largest absolute Gasteiger partial charge is 0.469 e. The fourth-order valence-electron chi connectivity index (χ4n) is 3.50. The number of hydrogen-bond acceptors (Lipinski definition) is 5. The minimum Gasteiger partial charge on any atom is -0.469 e. The lowest BCUT2D eigenvalue weighted by Gasteiger charge is -2.15. The highest BCUT2D eigenvalue weighted by molar-refractivity contribution is 7.15. The van der Waals surface area contributed by atoms with Crippen LogP contribution in [0.25, 0.3) is 16.2 Å². The van der Waals surface area contributed by atoms with Gasteiger partial charge in [-0.05, 0) is 25.0 Å². The zero-order valence-corrected chi connectivity index (χ0v) is 15.3. The molecule has 0 radical (unpaired) electrons. The first-order valence-corrected chi connectivity index (χ1v) is 9.62. The third kappa shape index (κ3) is 3.07. The number of fused-ring (bicyclic) bond motifs is 1. The Morgan fingerprint density at radius 2 is 2.15 bits per heavy atom. The molecule has 1 aliphatic rings. The Bertz CT molecular complexity index is 944. The Balaban J connectivity index is 1.85. The van der Waals surface area contributed by atoms with Crippen molar-refractivity contribution in [3.05, 3.63) is 41.2 Å². The van der Waals surface area contributed by atoms with Gasteiger partial charge in [-0.1, -0.05) is 25.0 Å². The van der Waals surface area contributed by atoms with Gasteiger partial charge in [0.1, 0.15) is 17.3 Å². The Hall–Kier alpha value is -2.41. The van der Waals surface area contributed by atoms with Crippen LogP contribution in [-0.2, 0) is 16.0 Å². The monoisotopic (exact) mass is 373 g/mol. The van der Waals surface area contributed by atoms with E-state index in [1.807, 2.05) is 9.78 Å². The highest BCUT2D eigenvalue weighted by atomic mass is 32.1. The normalized spacial score (nSPS) is 14.8. The molecule has 0 saturated heterocycles. The lowest BCUT2D eigenvalue weighted by atomic mass is 10.1. The van der Waals surface area contributed by atoms with Gasteiger partial charge < -0.3 is 10.1 Å². The van der Waals surface area contributed by atoms with Crippen LogP contribution in [0, 0.1) is 5.82 Å². The summed E-state index contributed by atoms with van der Waals surface area (Å²) in [5, 5.41) is 5.47. The summed E-state index contributed by atoms with van der Waals surface area (Å²) >= 11 is 1.44. The molecule has 2 aromatic heterocycles. The highest BCUT2D eigenvalue weighted by Crippen LogP contribution is 2.35. The lowest BCUT2D eigenvalue weighted by Crippen LogP contribution is -2.17. The quantitative estimate of drug-likeness (QED) is 0.679. The Labute approximate surface area is 154 Å². The molecule has 0 unspecified atom stereocenters. The van der Waals surface area contributed by atoms with E-state index in [-0.39, 0.29) is 18.2 Å². The smallest absolute Gasteiger partial charge is 0.311 e. The number of aromatic nitrogens is 2. The van der Waals surface area contributed by atoms with E-state index in [1.165, 1.54) is 37.4 Å². The van der Waals surface area contributed by atoms with Gasteiger partial charge in [0.15, 0.2) is 4.96 Å². The summed E-state index contributed by atoms with van der Waals surface area (Å²) in [5.41, 5.74) is 1.85. The molecule has 136 valence electrons. The van der Waals surface area contributed by atoms with E-state index in [1.54, 1.807) is 18.2 Å². The minimum absolute atomic E-state index is 0.156. The van der Waals surface area contributed by atoms with Crippen LogP contribution in [0.2, 0.25) is 0 Å². The molecule has 3 aromatic rings. The number of anilines is 1. The minimum atomic E-state index is -0.308. The molecule has 5 nitrogen and oxygen atoms in total. The molecule has 7 heteroatoms. The fraction of sp³-hybridized carbons (Fsp3) is 0.368. The number of hydrogen-bond donors (Lipinski definition) is 1. The van der Waals surface area contributed by atoms with E-state index < -0.39 is 0 Å². The Kier molecular flexibility index (Phi) is 4.63. The Morgan fingerprint density at radius 3 is 2.88 bits per heavy atom. The van der Waals surface area contributed by atoms with Crippen molar-refractivity contribution in [3.8, 4) is 11.3 Å². The third-order valence-corrected chi connectivity index (χ3v) is 5.69. The van der Waals surface area contributed by atoms with Gasteiger partial charge in [0, 0.05) is 22.7 Å². The lowest BCUT2D eigenvalue weighted by molar-refractivity contribution is -0.139. The van der Waals surface area contributed by atoms with Crippen LogP contribution < -0.4 is 5.32 Å². The van der Waals surface area contributed by atoms with Crippen molar-refractivity contribution in [3.63, 3.8) is 0 Å². The van der Waals surface area contributed by atoms with Gasteiger partial charge in [0.05, 0.1) is 13.5 Å². The van der Waals surface area contributed by atoms with E-state index in [9.17, 15) is 9.18 Å². The molecule has 4 rings (SSSR count). The molecule has 1 saturated carbocycles. The molecule has 0 bridgehead atoms. The maximum absolute atomic E-state index is 14.4. The third-order valence-electron chi connectivity index (χ3n) is 4.81. The molecular weight excluding hydrogens is 353 g/mol. The average molecular weight is 373 g/mol. The number of methoxy groups -OCH3 is 1. The number of ether oxygens (including phenoxy) is 1. The molecule has 26 heavy (non-hydrogen) atoms. The number of nitrogens with zero attached hydrogens (tertiary/aromatic N) is 2. The number of carbonyl (C=O) groups excluding carboxylic acids is 1. The molecule has 1 fully saturated rings. The van der Waals surface area contributed by atoms with Crippen molar-refractivity contribution in [2.45, 2.75) is 38.1 Å². The molecule has 2 heterocycles. The summed E-state index contributed by atoms with van der Waals surface area (Å²) in [5.74, 6) is 0.150. The van der Waals surface area contributed by atoms with Gasteiger partial charge >= 0.3 is 5.97 Å². The van der Waals surface area contributed by atoms with Crippen LogP contribution >= 0.6 is 11.3 Å². The number of thiazole rings is 1. The number of benzene rings is 1.